The number of methoxy groups -OCH3 is 1. The minimum Gasteiger partial charge on any atom is -0.504 e. The van der Waals surface area contributed by atoms with Gasteiger partial charge in [-0.3, -0.25) is 4.79 Å². The molecule has 0 spiro atoms. The molecule has 0 aliphatic carbocycles. The Kier molecular flexibility index (Phi) is 6.01. The summed E-state index contributed by atoms with van der Waals surface area (Å²) in [6.07, 6.45) is -2.52. The number of rotatable bonds is 7. The van der Waals surface area contributed by atoms with Crippen LogP contribution in [0.3, 0.4) is 0 Å². The number of aromatic hydroxyl groups is 1. The number of hydrogen-bond acceptors (Lipinski definition) is 4. The Balaban J connectivity index is 2.39. The Morgan fingerprint density at radius 1 is 1.47 bits per heavy atom. The average Bonchev–Trinajstić information content (AvgIpc) is 2.37. The van der Waals surface area contributed by atoms with E-state index in [-0.39, 0.29) is 30.2 Å². The second-order valence-corrected chi connectivity index (χ2v) is 3.61. The van der Waals surface area contributed by atoms with Crippen molar-refractivity contribution in [1.82, 2.24) is 5.32 Å². The first-order valence-electron chi connectivity index (χ1n) is 5.55. The molecule has 5 nitrogen and oxygen atoms in total. The number of halogens is 2. The predicted octanol–water partition coefficient (Wildman–Crippen LogP) is 1.41. The van der Waals surface area contributed by atoms with Gasteiger partial charge in [-0.1, -0.05) is 0 Å². The fourth-order valence-electron chi connectivity index (χ4n) is 1.34. The molecule has 0 heterocycles. The van der Waals surface area contributed by atoms with Gasteiger partial charge in [0.25, 0.3) is 12.3 Å². The van der Waals surface area contributed by atoms with E-state index in [9.17, 15) is 18.7 Å². The molecule has 0 unspecified atom stereocenters. The van der Waals surface area contributed by atoms with Crippen LogP contribution in [0.25, 0.3) is 0 Å². The van der Waals surface area contributed by atoms with Gasteiger partial charge in [0.05, 0.1) is 13.7 Å². The summed E-state index contributed by atoms with van der Waals surface area (Å²) in [7, 11) is 1.40. The zero-order valence-corrected chi connectivity index (χ0v) is 10.4. The monoisotopic (exact) mass is 275 g/mol. The number of nitrogens with one attached hydrogen (secondary N) is 1. The zero-order valence-electron chi connectivity index (χ0n) is 10.4. The lowest BCUT2D eigenvalue weighted by atomic mass is 10.2. The summed E-state index contributed by atoms with van der Waals surface area (Å²) < 4.78 is 32.9. The molecular formula is C12H15F2NO4. The molecule has 7 heteroatoms. The molecule has 2 N–H and O–H groups in total. The van der Waals surface area contributed by atoms with Gasteiger partial charge < -0.3 is 19.9 Å². The van der Waals surface area contributed by atoms with Crippen LogP contribution in [0.5, 0.6) is 11.5 Å². The zero-order chi connectivity index (χ0) is 14.3. The first-order valence-corrected chi connectivity index (χ1v) is 5.55. The second kappa shape index (κ2) is 7.52. The third-order valence-corrected chi connectivity index (χ3v) is 2.22. The number of carbonyl (C=O) groups excluding carboxylic acids is 1. The molecule has 1 aromatic carbocycles. The summed E-state index contributed by atoms with van der Waals surface area (Å²) in [5.41, 5.74) is 0.243. The summed E-state index contributed by atoms with van der Waals surface area (Å²) in [5, 5.41) is 12.0. The van der Waals surface area contributed by atoms with Crippen molar-refractivity contribution in [2.75, 3.05) is 26.9 Å². The number of benzene rings is 1. The average molecular weight is 275 g/mol. The van der Waals surface area contributed by atoms with E-state index < -0.39 is 18.9 Å². The molecule has 0 aliphatic rings. The van der Waals surface area contributed by atoms with Gasteiger partial charge in [0.1, 0.15) is 6.61 Å². The lowest BCUT2D eigenvalue weighted by molar-refractivity contribution is 0.0188. The van der Waals surface area contributed by atoms with Crippen LogP contribution in [-0.4, -0.2) is 44.3 Å². The number of phenols is 1. The van der Waals surface area contributed by atoms with Gasteiger partial charge in [-0.25, -0.2) is 8.78 Å². The van der Waals surface area contributed by atoms with Crippen LogP contribution in [0.15, 0.2) is 18.2 Å². The molecule has 0 atom stereocenters. The highest BCUT2D eigenvalue weighted by Gasteiger charge is 2.09. The molecule has 0 aromatic heterocycles. The number of ether oxygens (including phenoxy) is 2. The van der Waals surface area contributed by atoms with Crippen molar-refractivity contribution in [3.05, 3.63) is 23.8 Å². The maximum Gasteiger partial charge on any atom is 0.261 e. The number of phenolic OH excluding ortho intramolecular Hbond substituents is 1. The van der Waals surface area contributed by atoms with Gasteiger partial charge in [-0.2, -0.15) is 0 Å². The maximum absolute atomic E-state index is 11.7. The normalized spacial score (nSPS) is 10.5. The lowest BCUT2D eigenvalue weighted by Gasteiger charge is -2.08. The SMILES string of the molecule is COc1ccc(C(=O)NCCOCC(F)F)cc1O. The van der Waals surface area contributed by atoms with Crippen LogP contribution >= 0.6 is 0 Å². The van der Waals surface area contributed by atoms with Gasteiger partial charge >= 0.3 is 0 Å². The van der Waals surface area contributed by atoms with Gasteiger partial charge in [-0.15, -0.1) is 0 Å². The number of alkyl halides is 2. The topological polar surface area (TPSA) is 67.8 Å². The Hall–Kier alpha value is -1.89. The number of amides is 1. The standard InChI is InChI=1S/C12H15F2NO4/c1-18-10-3-2-8(6-9(10)16)12(17)15-4-5-19-7-11(13)14/h2-3,6,11,16H,4-5,7H2,1H3,(H,15,17). The first-order chi connectivity index (χ1) is 9.04. The summed E-state index contributed by atoms with van der Waals surface area (Å²) in [5.74, 6) is -0.320. The fourth-order valence-corrected chi connectivity index (χ4v) is 1.34. The van der Waals surface area contributed by atoms with Crippen LogP contribution in [0.2, 0.25) is 0 Å². The van der Waals surface area contributed by atoms with Crippen molar-refractivity contribution in [2.24, 2.45) is 0 Å². The van der Waals surface area contributed by atoms with Crippen molar-refractivity contribution in [1.29, 1.82) is 0 Å². The van der Waals surface area contributed by atoms with Crippen LogP contribution in [-0.2, 0) is 4.74 Å². The van der Waals surface area contributed by atoms with E-state index in [0.717, 1.165) is 0 Å². The van der Waals surface area contributed by atoms with Crippen LogP contribution in [0.4, 0.5) is 8.78 Å². The molecule has 1 aromatic rings. The largest absolute Gasteiger partial charge is 0.504 e. The molecular weight excluding hydrogens is 260 g/mol. The highest BCUT2D eigenvalue weighted by atomic mass is 19.3. The fraction of sp³-hybridized carbons (Fsp3) is 0.417. The van der Waals surface area contributed by atoms with E-state index in [2.05, 4.69) is 10.1 Å². The molecule has 0 aliphatic heterocycles. The molecule has 106 valence electrons. The highest BCUT2D eigenvalue weighted by molar-refractivity contribution is 5.94. The van der Waals surface area contributed by atoms with Crippen LogP contribution in [0.1, 0.15) is 10.4 Å². The van der Waals surface area contributed by atoms with Crippen LogP contribution in [0, 0.1) is 0 Å². The molecule has 0 saturated heterocycles. The van der Waals surface area contributed by atoms with Gasteiger partial charge in [0.2, 0.25) is 0 Å². The lowest BCUT2D eigenvalue weighted by Crippen LogP contribution is -2.27. The van der Waals surface area contributed by atoms with E-state index in [1.165, 1.54) is 25.3 Å². The minimum atomic E-state index is -2.52. The second-order valence-electron chi connectivity index (χ2n) is 3.61. The Morgan fingerprint density at radius 3 is 2.79 bits per heavy atom. The molecule has 1 rings (SSSR count). The summed E-state index contributed by atoms with van der Waals surface area (Å²) in [4.78, 5) is 11.6. The Labute approximate surface area is 109 Å². The van der Waals surface area contributed by atoms with Crippen molar-refractivity contribution < 1.29 is 28.2 Å². The van der Waals surface area contributed by atoms with Crippen LogP contribution < -0.4 is 10.1 Å². The molecule has 0 bridgehead atoms. The summed E-state index contributed by atoms with van der Waals surface area (Å²) in [6, 6.07) is 4.19. The van der Waals surface area contributed by atoms with Gasteiger partial charge in [0, 0.05) is 12.1 Å². The van der Waals surface area contributed by atoms with Crippen molar-refractivity contribution >= 4 is 5.91 Å². The van der Waals surface area contributed by atoms with E-state index in [0.29, 0.717) is 0 Å². The minimum absolute atomic E-state index is 0.00177. The highest BCUT2D eigenvalue weighted by Crippen LogP contribution is 2.25. The molecule has 0 fully saturated rings. The molecule has 0 saturated carbocycles. The number of hydrogen-bond donors (Lipinski definition) is 2. The number of carbonyl (C=O) groups is 1. The molecule has 19 heavy (non-hydrogen) atoms. The smallest absolute Gasteiger partial charge is 0.261 e. The molecule has 0 radical (unpaired) electrons. The molecule has 1 amide bonds. The van der Waals surface area contributed by atoms with E-state index >= 15 is 0 Å². The van der Waals surface area contributed by atoms with Gasteiger partial charge in [-0.05, 0) is 18.2 Å². The van der Waals surface area contributed by atoms with Crippen molar-refractivity contribution in [3.8, 4) is 11.5 Å². The first kappa shape index (κ1) is 15.2. The van der Waals surface area contributed by atoms with Crippen molar-refractivity contribution in [3.63, 3.8) is 0 Å². The Bertz CT molecular complexity index is 426. The summed E-state index contributed by atoms with van der Waals surface area (Å²) in [6.45, 7) is -0.546. The van der Waals surface area contributed by atoms with Gasteiger partial charge in [0.15, 0.2) is 11.5 Å². The predicted molar refractivity (Wildman–Crippen MR) is 63.8 cm³/mol. The maximum atomic E-state index is 11.7. The summed E-state index contributed by atoms with van der Waals surface area (Å²) >= 11 is 0. The van der Waals surface area contributed by atoms with E-state index in [1.807, 2.05) is 0 Å². The quantitative estimate of drug-likeness (QED) is 0.738. The van der Waals surface area contributed by atoms with E-state index in [1.54, 1.807) is 0 Å². The Morgan fingerprint density at radius 2 is 2.21 bits per heavy atom. The third-order valence-electron chi connectivity index (χ3n) is 2.22. The van der Waals surface area contributed by atoms with E-state index in [4.69, 9.17) is 4.74 Å². The van der Waals surface area contributed by atoms with Crippen molar-refractivity contribution in [2.45, 2.75) is 6.43 Å². The third kappa shape index (κ3) is 5.09.